The zero-order chi connectivity index (χ0) is 10.2. The van der Waals surface area contributed by atoms with Crippen LogP contribution in [0.5, 0.6) is 0 Å². The Morgan fingerprint density at radius 1 is 1.38 bits per heavy atom. The highest BCUT2D eigenvalue weighted by atomic mass is 32.2. The van der Waals surface area contributed by atoms with Crippen LogP contribution in [0.4, 0.5) is 0 Å². The molecule has 0 aromatic carbocycles. The van der Waals surface area contributed by atoms with Gasteiger partial charge in [-0.25, -0.2) is 0 Å². The Morgan fingerprint density at radius 2 is 2.00 bits per heavy atom. The van der Waals surface area contributed by atoms with Crippen molar-refractivity contribution < 1.29 is 13.3 Å². The molecule has 0 aliphatic rings. The highest BCUT2D eigenvalue weighted by molar-refractivity contribution is 8.03. The Labute approximate surface area is 84.5 Å². The van der Waals surface area contributed by atoms with E-state index in [9.17, 15) is 0 Å². The summed E-state index contributed by atoms with van der Waals surface area (Å²) in [5, 5.41) is 10.2. The largest absolute Gasteiger partial charge is 0.501 e. The molecule has 0 saturated carbocycles. The zero-order valence-electron chi connectivity index (χ0n) is 8.20. The second-order valence-electron chi connectivity index (χ2n) is 2.34. The molecule has 0 atom stereocenters. The first-order valence-electron chi connectivity index (χ1n) is 3.99. The summed E-state index contributed by atoms with van der Waals surface area (Å²) in [6.07, 6.45) is 0.950. The summed E-state index contributed by atoms with van der Waals surface area (Å²) in [5.41, 5.74) is 0. The van der Waals surface area contributed by atoms with E-state index in [0.717, 1.165) is 24.2 Å². The maximum atomic E-state index is 8.31. The predicted molar refractivity (Wildman–Crippen MR) is 54.0 cm³/mol. The summed E-state index contributed by atoms with van der Waals surface area (Å²) >= 11 is 1.05. The van der Waals surface area contributed by atoms with E-state index in [1.807, 2.05) is 12.3 Å². The van der Waals surface area contributed by atoms with Gasteiger partial charge in [0.1, 0.15) is 5.40 Å². The average Bonchev–Trinajstić information content (AvgIpc) is 2.17. The summed E-state index contributed by atoms with van der Waals surface area (Å²) in [6.45, 7) is 2.04. The number of nitriles is 1. The SMILES string of the molecule is CCC[Si](OC)(OC)OCSC#N. The Hall–Kier alpha value is -0.0631. The van der Waals surface area contributed by atoms with Crippen LogP contribution in [0.3, 0.4) is 0 Å². The summed E-state index contributed by atoms with van der Waals surface area (Å²) in [5.74, 6) is 0.310. The normalized spacial score (nSPS) is 11.2. The van der Waals surface area contributed by atoms with Gasteiger partial charge >= 0.3 is 8.80 Å². The van der Waals surface area contributed by atoms with E-state index in [1.54, 1.807) is 14.2 Å². The molecule has 0 N–H and O–H groups in total. The van der Waals surface area contributed by atoms with Crippen LogP contribution in [0.2, 0.25) is 6.04 Å². The molecule has 0 aliphatic carbocycles. The standard InChI is InChI=1S/C7H15NO3SSi/c1-4-5-13(9-2,10-3)11-7-12-6-8/h4-5,7H2,1-3H3. The van der Waals surface area contributed by atoms with Gasteiger partial charge in [0.2, 0.25) is 0 Å². The van der Waals surface area contributed by atoms with Gasteiger partial charge in [-0.3, -0.25) is 0 Å². The van der Waals surface area contributed by atoms with Crippen molar-refractivity contribution in [1.29, 1.82) is 5.26 Å². The van der Waals surface area contributed by atoms with E-state index < -0.39 is 8.80 Å². The molecule has 0 saturated heterocycles. The fraction of sp³-hybridized carbons (Fsp3) is 0.857. The average molecular weight is 221 g/mol. The smallest absolute Gasteiger partial charge is 0.377 e. The van der Waals surface area contributed by atoms with Crippen molar-refractivity contribution in [2.75, 3.05) is 20.2 Å². The third-order valence-corrected chi connectivity index (χ3v) is 5.10. The van der Waals surface area contributed by atoms with Crippen molar-refractivity contribution in [2.24, 2.45) is 0 Å². The fourth-order valence-electron chi connectivity index (χ4n) is 0.929. The number of rotatable bonds is 7. The topological polar surface area (TPSA) is 51.5 Å². The van der Waals surface area contributed by atoms with Crippen LogP contribution in [-0.4, -0.2) is 29.0 Å². The molecule has 0 unspecified atom stereocenters. The first-order chi connectivity index (χ1) is 6.24. The summed E-state index contributed by atoms with van der Waals surface area (Å²) in [7, 11) is 0.719. The Balaban J connectivity index is 3.98. The molecular weight excluding hydrogens is 206 g/mol. The molecule has 0 radical (unpaired) electrons. The number of hydrogen-bond donors (Lipinski definition) is 0. The van der Waals surface area contributed by atoms with E-state index in [2.05, 4.69) is 0 Å². The maximum Gasteiger partial charge on any atom is 0.501 e. The van der Waals surface area contributed by atoms with Gasteiger partial charge in [-0.05, 0) is 11.8 Å². The van der Waals surface area contributed by atoms with E-state index >= 15 is 0 Å². The molecule has 0 aliphatic heterocycles. The molecule has 0 fully saturated rings. The molecule has 0 bridgehead atoms. The third kappa shape index (κ3) is 4.64. The molecule has 4 nitrogen and oxygen atoms in total. The minimum absolute atomic E-state index is 0.310. The van der Waals surface area contributed by atoms with Crippen LogP contribution < -0.4 is 0 Å². The van der Waals surface area contributed by atoms with Crippen molar-refractivity contribution in [1.82, 2.24) is 0 Å². The lowest BCUT2D eigenvalue weighted by molar-refractivity contribution is 0.118. The van der Waals surface area contributed by atoms with Crippen molar-refractivity contribution in [3.8, 4) is 5.40 Å². The molecule has 13 heavy (non-hydrogen) atoms. The minimum atomic E-state index is -2.45. The van der Waals surface area contributed by atoms with Gasteiger partial charge in [0.15, 0.2) is 0 Å². The summed E-state index contributed by atoms with van der Waals surface area (Å²) < 4.78 is 15.9. The second kappa shape index (κ2) is 7.35. The molecule has 0 aromatic rings. The maximum absolute atomic E-state index is 8.31. The fourth-order valence-corrected chi connectivity index (χ4v) is 3.50. The van der Waals surface area contributed by atoms with Crippen molar-refractivity contribution >= 4 is 20.6 Å². The van der Waals surface area contributed by atoms with Crippen LogP contribution in [-0.2, 0) is 13.3 Å². The number of thiocyanates is 1. The highest BCUT2D eigenvalue weighted by Crippen LogP contribution is 2.17. The number of thioether (sulfide) groups is 1. The number of nitrogens with zero attached hydrogens (tertiary/aromatic N) is 1. The van der Waals surface area contributed by atoms with Gasteiger partial charge in [0.05, 0.1) is 5.94 Å². The molecule has 0 heterocycles. The van der Waals surface area contributed by atoms with Gasteiger partial charge < -0.3 is 13.3 Å². The van der Waals surface area contributed by atoms with Crippen LogP contribution in [0.1, 0.15) is 13.3 Å². The third-order valence-electron chi connectivity index (χ3n) is 1.58. The van der Waals surface area contributed by atoms with Crippen LogP contribution in [0.15, 0.2) is 0 Å². The van der Waals surface area contributed by atoms with Gasteiger partial charge in [-0.15, -0.1) is 0 Å². The summed E-state index contributed by atoms with van der Waals surface area (Å²) in [4.78, 5) is 0. The molecule has 0 aromatic heterocycles. The summed E-state index contributed by atoms with van der Waals surface area (Å²) in [6, 6.07) is 0.784. The molecule has 0 spiro atoms. The van der Waals surface area contributed by atoms with Gasteiger partial charge in [-0.2, -0.15) is 5.26 Å². The van der Waals surface area contributed by atoms with Gasteiger partial charge in [0, 0.05) is 20.3 Å². The molecule has 0 amide bonds. The first kappa shape index (κ1) is 12.9. The van der Waals surface area contributed by atoms with E-state index in [4.69, 9.17) is 18.5 Å². The van der Waals surface area contributed by atoms with Crippen molar-refractivity contribution in [3.05, 3.63) is 0 Å². The lowest BCUT2D eigenvalue weighted by Gasteiger charge is -2.25. The van der Waals surface area contributed by atoms with Gasteiger partial charge in [-0.1, -0.05) is 13.3 Å². The Kier molecular flexibility index (Phi) is 7.32. The van der Waals surface area contributed by atoms with Crippen LogP contribution >= 0.6 is 11.8 Å². The monoisotopic (exact) mass is 221 g/mol. The van der Waals surface area contributed by atoms with Crippen molar-refractivity contribution in [3.63, 3.8) is 0 Å². The molecular formula is C7H15NO3SSi. The van der Waals surface area contributed by atoms with E-state index in [1.165, 1.54) is 0 Å². The van der Waals surface area contributed by atoms with Crippen LogP contribution in [0.25, 0.3) is 0 Å². The predicted octanol–water partition coefficient (Wildman–Crippen LogP) is 1.82. The molecule has 0 rings (SSSR count). The molecule has 76 valence electrons. The second-order valence-corrected chi connectivity index (χ2v) is 6.02. The van der Waals surface area contributed by atoms with Crippen LogP contribution in [0, 0.1) is 10.7 Å². The Bertz CT molecular complexity index is 170. The number of hydrogen-bond acceptors (Lipinski definition) is 5. The molecule has 6 heteroatoms. The lowest BCUT2D eigenvalue weighted by Crippen LogP contribution is -2.43. The minimum Gasteiger partial charge on any atom is -0.377 e. The van der Waals surface area contributed by atoms with E-state index in [0.29, 0.717) is 5.94 Å². The zero-order valence-corrected chi connectivity index (χ0v) is 10.0. The Morgan fingerprint density at radius 3 is 2.38 bits per heavy atom. The van der Waals surface area contributed by atoms with Crippen molar-refractivity contribution in [2.45, 2.75) is 19.4 Å². The van der Waals surface area contributed by atoms with E-state index in [-0.39, 0.29) is 0 Å². The lowest BCUT2D eigenvalue weighted by atomic mass is 10.6. The highest BCUT2D eigenvalue weighted by Gasteiger charge is 2.37. The first-order valence-corrected chi connectivity index (χ1v) is 6.91. The quantitative estimate of drug-likeness (QED) is 0.284. The van der Waals surface area contributed by atoms with Gasteiger partial charge in [0.25, 0.3) is 0 Å².